The number of ether oxygens (including phenoxy) is 1. The minimum Gasteiger partial charge on any atom is -0.494 e. The number of nitrogens with zero attached hydrogens (tertiary/aromatic N) is 5. The molecular formula is C21H20BrN5O2S. The summed E-state index contributed by atoms with van der Waals surface area (Å²) in [6, 6.07) is 15.9. The van der Waals surface area contributed by atoms with Gasteiger partial charge >= 0.3 is 0 Å². The third-order valence-electron chi connectivity index (χ3n) is 4.31. The van der Waals surface area contributed by atoms with Crippen LogP contribution in [0.4, 0.5) is 0 Å². The standard InChI is InChI=1S/C21H20BrN5O2S/c1-4-28-18-11-9-17(10-12-18)27-19(15-5-7-16(22)8-6-15)24-25-21(27)30-13(2)20-23-14(3)26-29-20/h5-13H,4H2,1-3H3. The first kappa shape index (κ1) is 20.6. The Hall–Kier alpha value is -2.65. The van der Waals surface area contributed by atoms with E-state index >= 15 is 0 Å². The molecule has 0 spiro atoms. The van der Waals surface area contributed by atoms with Gasteiger partial charge in [-0.05, 0) is 57.2 Å². The van der Waals surface area contributed by atoms with E-state index in [1.54, 1.807) is 6.92 Å². The van der Waals surface area contributed by atoms with Gasteiger partial charge in [0.15, 0.2) is 16.8 Å². The smallest absolute Gasteiger partial charge is 0.239 e. The maximum Gasteiger partial charge on any atom is 0.239 e. The lowest BCUT2D eigenvalue weighted by Crippen LogP contribution is -2.01. The fourth-order valence-electron chi connectivity index (χ4n) is 2.91. The monoisotopic (exact) mass is 485 g/mol. The van der Waals surface area contributed by atoms with Gasteiger partial charge in [0.2, 0.25) is 5.89 Å². The molecule has 2 heterocycles. The zero-order valence-corrected chi connectivity index (χ0v) is 19.1. The van der Waals surface area contributed by atoms with Gasteiger partial charge in [0.05, 0.1) is 11.9 Å². The average Bonchev–Trinajstić information content (AvgIpc) is 3.36. The van der Waals surface area contributed by atoms with Gasteiger partial charge in [0.25, 0.3) is 0 Å². The summed E-state index contributed by atoms with van der Waals surface area (Å²) in [5.41, 5.74) is 1.91. The zero-order chi connectivity index (χ0) is 21.1. The van der Waals surface area contributed by atoms with Gasteiger partial charge in [-0.2, -0.15) is 4.98 Å². The third-order valence-corrected chi connectivity index (χ3v) is 5.87. The number of benzene rings is 2. The van der Waals surface area contributed by atoms with Crippen LogP contribution >= 0.6 is 27.7 Å². The predicted octanol–water partition coefficient (Wildman–Crippen LogP) is 5.64. The lowest BCUT2D eigenvalue weighted by atomic mass is 10.2. The molecule has 0 N–H and O–H groups in total. The maximum absolute atomic E-state index is 5.58. The molecule has 30 heavy (non-hydrogen) atoms. The number of halogens is 1. The van der Waals surface area contributed by atoms with Crippen LogP contribution in [0.25, 0.3) is 17.1 Å². The van der Waals surface area contributed by atoms with Gasteiger partial charge in [-0.25, -0.2) is 0 Å². The molecule has 0 aliphatic rings. The van der Waals surface area contributed by atoms with Crippen LogP contribution in [0.1, 0.15) is 30.8 Å². The molecule has 4 aromatic rings. The van der Waals surface area contributed by atoms with Crippen LogP contribution in [0, 0.1) is 6.92 Å². The Morgan fingerprint density at radius 2 is 1.83 bits per heavy atom. The third kappa shape index (κ3) is 4.41. The summed E-state index contributed by atoms with van der Waals surface area (Å²) in [5.74, 6) is 2.75. The Morgan fingerprint density at radius 1 is 1.10 bits per heavy atom. The second kappa shape index (κ2) is 9.01. The van der Waals surface area contributed by atoms with Crippen molar-refractivity contribution in [3.63, 3.8) is 0 Å². The van der Waals surface area contributed by atoms with E-state index in [2.05, 4.69) is 36.3 Å². The molecule has 2 aromatic heterocycles. The molecule has 154 valence electrons. The molecule has 0 saturated carbocycles. The van der Waals surface area contributed by atoms with Crippen molar-refractivity contribution in [2.75, 3.05) is 6.61 Å². The zero-order valence-electron chi connectivity index (χ0n) is 16.7. The van der Waals surface area contributed by atoms with Crippen LogP contribution in [-0.2, 0) is 0 Å². The van der Waals surface area contributed by atoms with Crippen molar-refractivity contribution in [3.8, 4) is 22.8 Å². The second-order valence-electron chi connectivity index (χ2n) is 6.52. The van der Waals surface area contributed by atoms with E-state index in [-0.39, 0.29) is 5.25 Å². The highest BCUT2D eigenvalue weighted by atomic mass is 79.9. The maximum atomic E-state index is 5.58. The lowest BCUT2D eigenvalue weighted by Gasteiger charge is -2.13. The SMILES string of the molecule is CCOc1ccc(-n2c(SC(C)c3nc(C)no3)nnc2-c2ccc(Br)cc2)cc1. The van der Waals surface area contributed by atoms with Crippen LogP contribution in [0.15, 0.2) is 62.7 Å². The molecule has 0 saturated heterocycles. The Morgan fingerprint density at radius 3 is 2.47 bits per heavy atom. The Bertz CT molecular complexity index is 1130. The molecule has 7 nitrogen and oxygen atoms in total. The van der Waals surface area contributed by atoms with E-state index in [9.17, 15) is 0 Å². The van der Waals surface area contributed by atoms with Crippen LogP contribution in [-0.4, -0.2) is 31.5 Å². The molecule has 0 aliphatic carbocycles. The minimum absolute atomic E-state index is 0.0744. The molecule has 9 heteroatoms. The summed E-state index contributed by atoms with van der Waals surface area (Å²) < 4.78 is 14.0. The van der Waals surface area contributed by atoms with E-state index in [1.807, 2.05) is 66.9 Å². The van der Waals surface area contributed by atoms with Gasteiger partial charge in [0.1, 0.15) is 5.75 Å². The summed E-state index contributed by atoms with van der Waals surface area (Å²) in [7, 11) is 0. The Balaban J connectivity index is 1.75. The second-order valence-corrected chi connectivity index (χ2v) is 8.74. The topological polar surface area (TPSA) is 78.9 Å². The van der Waals surface area contributed by atoms with E-state index < -0.39 is 0 Å². The van der Waals surface area contributed by atoms with E-state index in [0.29, 0.717) is 18.3 Å². The summed E-state index contributed by atoms with van der Waals surface area (Å²) in [5, 5.41) is 13.5. The number of rotatable bonds is 7. The van der Waals surface area contributed by atoms with E-state index in [4.69, 9.17) is 9.26 Å². The lowest BCUT2D eigenvalue weighted by molar-refractivity contribution is 0.340. The first-order chi connectivity index (χ1) is 14.5. The number of hydrogen-bond donors (Lipinski definition) is 0. The van der Waals surface area contributed by atoms with E-state index in [1.165, 1.54) is 11.8 Å². The molecule has 0 amide bonds. The number of aryl methyl sites for hydroxylation is 1. The Labute approximate surface area is 187 Å². The van der Waals surface area contributed by atoms with Crippen LogP contribution in [0.5, 0.6) is 5.75 Å². The largest absolute Gasteiger partial charge is 0.494 e. The van der Waals surface area contributed by atoms with Gasteiger partial charge < -0.3 is 9.26 Å². The van der Waals surface area contributed by atoms with Crippen molar-refractivity contribution >= 4 is 27.7 Å². The van der Waals surface area contributed by atoms with Crippen LogP contribution in [0.2, 0.25) is 0 Å². The van der Waals surface area contributed by atoms with Gasteiger partial charge in [-0.15, -0.1) is 10.2 Å². The molecule has 0 bridgehead atoms. The fraction of sp³-hybridized carbons (Fsp3) is 0.238. The van der Waals surface area contributed by atoms with Gasteiger partial charge in [-0.1, -0.05) is 45.0 Å². The molecule has 0 fully saturated rings. The normalized spacial score (nSPS) is 12.1. The molecule has 4 rings (SSSR count). The van der Waals surface area contributed by atoms with Crippen LogP contribution in [0.3, 0.4) is 0 Å². The quantitative estimate of drug-likeness (QED) is 0.313. The number of thioether (sulfide) groups is 1. The highest BCUT2D eigenvalue weighted by molar-refractivity contribution is 9.10. The molecule has 0 aliphatic heterocycles. The van der Waals surface area contributed by atoms with Crippen LogP contribution < -0.4 is 4.74 Å². The van der Waals surface area contributed by atoms with E-state index in [0.717, 1.165) is 32.5 Å². The molecule has 1 atom stereocenters. The predicted molar refractivity (Wildman–Crippen MR) is 119 cm³/mol. The summed E-state index contributed by atoms with van der Waals surface area (Å²) in [6.07, 6.45) is 0. The number of aromatic nitrogens is 5. The first-order valence-electron chi connectivity index (χ1n) is 9.46. The van der Waals surface area contributed by atoms with Crippen molar-refractivity contribution in [1.29, 1.82) is 0 Å². The molecular weight excluding hydrogens is 466 g/mol. The summed E-state index contributed by atoms with van der Waals surface area (Å²) in [6.45, 7) is 6.40. The highest BCUT2D eigenvalue weighted by Crippen LogP contribution is 2.36. The van der Waals surface area contributed by atoms with Crippen molar-refractivity contribution in [3.05, 3.63) is 64.7 Å². The molecule has 1 unspecified atom stereocenters. The number of hydrogen-bond acceptors (Lipinski definition) is 7. The minimum atomic E-state index is -0.0744. The summed E-state index contributed by atoms with van der Waals surface area (Å²) >= 11 is 5.00. The van der Waals surface area contributed by atoms with Crippen molar-refractivity contribution < 1.29 is 9.26 Å². The molecule has 2 aromatic carbocycles. The summed E-state index contributed by atoms with van der Waals surface area (Å²) in [4.78, 5) is 4.34. The fourth-order valence-corrected chi connectivity index (χ4v) is 4.07. The molecule has 0 radical (unpaired) electrons. The van der Waals surface area contributed by atoms with Crippen molar-refractivity contribution in [2.24, 2.45) is 0 Å². The first-order valence-corrected chi connectivity index (χ1v) is 11.1. The van der Waals surface area contributed by atoms with Crippen molar-refractivity contribution in [2.45, 2.75) is 31.2 Å². The average molecular weight is 486 g/mol. The van der Waals surface area contributed by atoms with Crippen molar-refractivity contribution in [1.82, 2.24) is 24.9 Å². The Kier molecular flexibility index (Phi) is 6.19. The van der Waals surface area contributed by atoms with Gasteiger partial charge in [-0.3, -0.25) is 4.57 Å². The van der Waals surface area contributed by atoms with Gasteiger partial charge in [0, 0.05) is 15.7 Å². The highest BCUT2D eigenvalue weighted by Gasteiger charge is 2.22.